The molecule has 0 amide bonds. The van der Waals surface area contributed by atoms with Gasteiger partial charge in [-0.15, -0.1) is 0 Å². The number of rotatable bonds is 7. The number of hydrogen-bond donors (Lipinski definition) is 2. The smallest absolute Gasteiger partial charge is 0.326 e. The second-order valence-corrected chi connectivity index (χ2v) is 4.19. The summed E-state index contributed by atoms with van der Waals surface area (Å²) >= 11 is 0. The van der Waals surface area contributed by atoms with Gasteiger partial charge in [-0.1, -0.05) is 24.3 Å². The van der Waals surface area contributed by atoms with Crippen molar-refractivity contribution in [3.63, 3.8) is 0 Å². The third kappa shape index (κ3) is 6.02. The molecule has 0 spiro atoms. The van der Waals surface area contributed by atoms with Gasteiger partial charge in [0.05, 0.1) is 0 Å². The maximum Gasteiger partial charge on any atom is 0.389 e. The van der Waals surface area contributed by atoms with Crippen molar-refractivity contribution in [2.45, 2.75) is 32.0 Å². The Hall–Kier alpha value is -1.07. The molecular formula is C13H19F3N2. The summed E-state index contributed by atoms with van der Waals surface area (Å²) in [5.74, 6) is 0. The Labute approximate surface area is 105 Å². The van der Waals surface area contributed by atoms with Crippen molar-refractivity contribution < 1.29 is 13.2 Å². The quantitative estimate of drug-likeness (QED) is 0.740. The zero-order valence-electron chi connectivity index (χ0n) is 10.3. The number of nitrogens with one attached hydrogen (secondary N) is 1. The van der Waals surface area contributed by atoms with E-state index >= 15 is 0 Å². The molecule has 102 valence electrons. The molecule has 5 heteroatoms. The first-order chi connectivity index (χ1) is 8.53. The van der Waals surface area contributed by atoms with E-state index in [1.807, 2.05) is 24.3 Å². The first kappa shape index (κ1) is 15.0. The van der Waals surface area contributed by atoms with E-state index in [2.05, 4.69) is 5.32 Å². The molecule has 1 rings (SSSR count). The predicted molar refractivity (Wildman–Crippen MR) is 66.2 cm³/mol. The molecule has 18 heavy (non-hydrogen) atoms. The molecule has 0 aromatic heterocycles. The van der Waals surface area contributed by atoms with Crippen molar-refractivity contribution in [1.82, 2.24) is 5.32 Å². The van der Waals surface area contributed by atoms with E-state index < -0.39 is 12.6 Å². The molecule has 1 aromatic rings. The molecule has 3 N–H and O–H groups in total. The van der Waals surface area contributed by atoms with Crippen LogP contribution in [0.15, 0.2) is 24.3 Å². The van der Waals surface area contributed by atoms with E-state index in [0.29, 0.717) is 19.6 Å². The monoisotopic (exact) mass is 260 g/mol. The Kier molecular flexibility index (Phi) is 6.15. The van der Waals surface area contributed by atoms with Crippen LogP contribution in [0.2, 0.25) is 0 Å². The van der Waals surface area contributed by atoms with E-state index in [4.69, 9.17) is 5.73 Å². The van der Waals surface area contributed by atoms with Crippen LogP contribution in [-0.4, -0.2) is 19.3 Å². The fourth-order valence-electron chi connectivity index (χ4n) is 1.76. The number of hydrogen-bond acceptors (Lipinski definition) is 2. The molecule has 0 heterocycles. The molecule has 0 saturated carbocycles. The number of benzene rings is 1. The van der Waals surface area contributed by atoms with Crippen LogP contribution in [0.5, 0.6) is 0 Å². The van der Waals surface area contributed by atoms with E-state index in [-0.39, 0.29) is 6.42 Å². The Balaban J connectivity index is 2.18. The summed E-state index contributed by atoms with van der Waals surface area (Å²) < 4.78 is 35.7. The maximum absolute atomic E-state index is 11.9. The van der Waals surface area contributed by atoms with Crippen LogP contribution in [0.3, 0.4) is 0 Å². The normalized spacial score (nSPS) is 11.8. The molecule has 0 unspecified atom stereocenters. The second kappa shape index (κ2) is 7.38. The highest BCUT2D eigenvalue weighted by molar-refractivity contribution is 5.27. The fourth-order valence-corrected chi connectivity index (χ4v) is 1.76. The Morgan fingerprint density at radius 1 is 1.06 bits per heavy atom. The topological polar surface area (TPSA) is 38.0 Å². The number of alkyl halides is 3. The zero-order chi connectivity index (χ0) is 13.4. The molecule has 0 aliphatic rings. The van der Waals surface area contributed by atoms with Gasteiger partial charge in [0.25, 0.3) is 0 Å². The minimum atomic E-state index is -4.05. The molecule has 0 fully saturated rings. The lowest BCUT2D eigenvalue weighted by molar-refractivity contribution is -0.135. The van der Waals surface area contributed by atoms with Gasteiger partial charge < -0.3 is 11.1 Å². The van der Waals surface area contributed by atoms with Gasteiger partial charge in [0.15, 0.2) is 0 Å². The van der Waals surface area contributed by atoms with Gasteiger partial charge in [-0.25, -0.2) is 0 Å². The van der Waals surface area contributed by atoms with Gasteiger partial charge in [0.2, 0.25) is 0 Å². The summed E-state index contributed by atoms with van der Waals surface area (Å²) in [7, 11) is 0. The van der Waals surface area contributed by atoms with E-state index in [1.165, 1.54) is 0 Å². The molecule has 1 aromatic carbocycles. The third-order valence-corrected chi connectivity index (χ3v) is 2.72. The van der Waals surface area contributed by atoms with Gasteiger partial charge in [-0.2, -0.15) is 13.2 Å². The summed E-state index contributed by atoms with van der Waals surface area (Å²) in [6.45, 7) is 1.56. The van der Waals surface area contributed by atoms with Crippen LogP contribution in [-0.2, 0) is 13.0 Å². The Morgan fingerprint density at radius 3 is 2.33 bits per heavy atom. The average Bonchev–Trinajstić information content (AvgIpc) is 2.32. The molecule has 0 radical (unpaired) electrons. The molecule has 0 bridgehead atoms. The SMILES string of the molecule is NCc1ccccc1CCNCCCC(F)(F)F. The van der Waals surface area contributed by atoms with Crippen LogP contribution in [0.4, 0.5) is 13.2 Å². The van der Waals surface area contributed by atoms with Gasteiger partial charge in [0, 0.05) is 13.0 Å². The lowest BCUT2D eigenvalue weighted by Crippen LogP contribution is -2.21. The second-order valence-electron chi connectivity index (χ2n) is 4.19. The van der Waals surface area contributed by atoms with Gasteiger partial charge in [-0.3, -0.25) is 0 Å². The summed E-state index contributed by atoms with van der Waals surface area (Å²) in [5.41, 5.74) is 7.85. The van der Waals surface area contributed by atoms with Crippen molar-refractivity contribution in [1.29, 1.82) is 0 Å². The molecule has 0 atom stereocenters. The van der Waals surface area contributed by atoms with Gasteiger partial charge in [-0.05, 0) is 37.1 Å². The van der Waals surface area contributed by atoms with Crippen LogP contribution in [0, 0.1) is 0 Å². The summed E-state index contributed by atoms with van der Waals surface area (Å²) in [4.78, 5) is 0. The number of nitrogens with two attached hydrogens (primary N) is 1. The standard InChI is InChI=1S/C13H19F3N2/c14-13(15,16)7-3-8-18-9-6-11-4-1-2-5-12(11)10-17/h1-2,4-5,18H,3,6-10,17H2. The Bertz CT molecular complexity index is 350. The molecule has 2 nitrogen and oxygen atoms in total. The molecular weight excluding hydrogens is 241 g/mol. The zero-order valence-corrected chi connectivity index (χ0v) is 10.3. The van der Waals surface area contributed by atoms with Crippen molar-refractivity contribution >= 4 is 0 Å². The first-order valence-electron chi connectivity index (χ1n) is 6.07. The van der Waals surface area contributed by atoms with E-state index in [1.54, 1.807) is 0 Å². The van der Waals surface area contributed by atoms with Gasteiger partial charge >= 0.3 is 6.18 Å². The van der Waals surface area contributed by atoms with Gasteiger partial charge in [0.1, 0.15) is 0 Å². The minimum absolute atomic E-state index is 0.127. The molecule has 0 saturated heterocycles. The van der Waals surface area contributed by atoms with Crippen LogP contribution in [0.25, 0.3) is 0 Å². The van der Waals surface area contributed by atoms with Crippen LogP contribution >= 0.6 is 0 Å². The summed E-state index contributed by atoms with van der Waals surface area (Å²) in [5, 5.41) is 3.02. The van der Waals surface area contributed by atoms with E-state index in [0.717, 1.165) is 17.5 Å². The highest BCUT2D eigenvalue weighted by Gasteiger charge is 2.25. The largest absolute Gasteiger partial charge is 0.389 e. The van der Waals surface area contributed by atoms with E-state index in [9.17, 15) is 13.2 Å². The van der Waals surface area contributed by atoms with Crippen LogP contribution in [0.1, 0.15) is 24.0 Å². The average molecular weight is 260 g/mol. The lowest BCUT2D eigenvalue weighted by Gasteiger charge is -2.09. The summed E-state index contributed by atoms with van der Waals surface area (Å²) in [6, 6.07) is 7.85. The predicted octanol–water partition coefficient (Wildman–Crippen LogP) is 2.62. The first-order valence-corrected chi connectivity index (χ1v) is 6.07. The highest BCUT2D eigenvalue weighted by Crippen LogP contribution is 2.20. The maximum atomic E-state index is 11.9. The Morgan fingerprint density at radius 2 is 1.72 bits per heavy atom. The lowest BCUT2D eigenvalue weighted by atomic mass is 10.0. The van der Waals surface area contributed by atoms with Crippen molar-refractivity contribution in [2.75, 3.05) is 13.1 Å². The highest BCUT2D eigenvalue weighted by atomic mass is 19.4. The van der Waals surface area contributed by atoms with Crippen molar-refractivity contribution in [3.05, 3.63) is 35.4 Å². The molecule has 0 aliphatic carbocycles. The minimum Gasteiger partial charge on any atom is -0.326 e. The van der Waals surface area contributed by atoms with Crippen molar-refractivity contribution in [2.24, 2.45) is 5.73 Å². The van der Waals surface area contributed by atoms with Crippen molar-refractivity contribution in [3.8, 4) is 0 Å². The van der Waals surface area contributed by atoms with Crippen LogP contribution < -0.4 is 11.1 Å². The fraction of sp³-hybridized carbons (Fsp3) is 0.538. The third-order valence-electron chi connectivity index (χ3n) is 2.72. The summed E-state index contributed by atoms with van der Waals surface area (Å²) in [6.07, 6.45) is -3.85. The molecule has 0 aliphatic heterocycles. The number of halogens is 3.